The number of nitrogens with zero attached hydrogens (tertiary/aromatic N) is 4. The van der Waals surface area contributed by atoms with Gasteiger partial charge in [-0.1, -0.05) is 156 Å². The minimum Gasteiger partial charge on any atom is -0.392 e. The van der Waals surface area contributed by atoms with Crippen LogP contribution in [-0.4, -0.2) is 64.6 Å². The third-order valence-corrected chi connectivity index (χ3v) is 14.2. The minimum absolute atomic E-state index is 0.105. The van der Waals surface area contributed by atoms with Crippen LogP contribution < -0.4 is 4.90 Å². The number of aliphatic hydroxyl groups excluding tert-OH is 2. The molecule has 0 amide bonds. The van der Waals surface area contributed by atoms with E-state index in [1.54, 1.807) is 0 Å². The molecule has 1 aromatic heterocycles. The summed E-state index contributed by atoms with van der Waals surface area (Å²) in [4.78, 5) is 14.7. The van der Waals surface area contributed by atoms with E-state index in [9.17, 15) is 10.2 Å². The first-order valence-electron chi connectivity index (χ1n) is 26.4. The van der Waals surface area contributed by atoms with Crippen LogP contribution in [0.1, 0.15) is 181 Å². The summed E-state index contributed by atoms with van der Waals surface area (Å²) >= 11 is 0. The van der Waals surface area contributed by atoms with Crippen molar-refractivity contribution in [2.24, 2.45) is 46.4 Å². The molecule has 0 spiro atoms. The van der Waals surface area contributed by atoms with Crippen LogP contribution in [0, 0.1) is 53.8 Å². The van der Waals surface area contributed by atoms with Crippen LogP contribution in [0.15, 0.2) is 84.7 Å². The zero-order chi connectivity index (χ0) is 47.4. The number of aliphatic hydroxyl groups is 2. The van der Waals surface area contributed by atoms with Gasteiger partial charge in [-0.05, 0) is 110 Å². The van der Waals surface area contributed by atoms with Crippen molar-refractivity contribution in [1.29, 1.82) is 0 Å². The summed E-state index contributed by atoms with van der Waals surface area (Å²) in [7, 11) is 0. The van der Waals surface area contributed by atoms with Crippen molar-refractivity contribution in [2.75, 3.05) is 37.6 Å². The van der Waals surface area contributed by atoms with E-state index in [1.807, 2.05) is 25.4 Å². The summed E-state index contributed by atoms with van der Waals surface area (Å²) in [5, 5.41) is 23.3. The molecule has 2 aromatic rings. The molecule has 1 aliphatic heterocycles. The van der Waals surface area contributed by atoms with Crippen LogP contribution in [-0.2, 0) is 6.42 Å². The van der Waals surface area contributed by atoms with Crippen LogP contribution in [0.3, 0.4) is 0 Å². The standard InChI is InChI=1S/C59H94N4O2/c1-11-19-24-46(9)42-63(45-50(18-8)27-22-14-4)54-31-29-53(30-32-54)58(64)40-51-33-35-60-56(38-51)57-39-52(34-36-61-57)41-59(65)55(47(10)15-5)28-23-37-62(43-48(16-6)25-20-12-2)44-49(17-7)26-21-13-3/h5,18,23,28-36,39,46-51,55,58-59,64-65H,8,11-14,16-17,19-22,24-27,37-38,40-45H2,1-4,6-7,9-10H3/b28-23-/t46-,47?,48?,49?,50?,51?,55?,58?,59?/m0/s1. The second-order valence-corrected chi connectivity index (χ2v) is 19.8. The van der Waals surface area contributed by atoms with Gasteiger partial charge >= 0.3 is 0 Å². The highest BCUT2D eigenvalue weighted by Crippen LogP contribution is 2.31. The van der Waals surface area contributed by atoms with Gasteiger partial charge in [-0.3, -0.25) is 14.9 Å². The molecular weight excluding hydrogens is 797 g/mol. The highest BCUT2D eigenvalue weighted by atomic mass is 16.3. The fourth-order valence-electron chi connectivity index (χ4n) is 9.66. The Morgan fingerprint density at radius 2 is 1.46 bits per heavy atom. The van der Waals surface area contributed by atoms with Crippen LogP contribution in [0.5, 0.6) is 0 Å². The predicted octanol–water partition coefficient (Wildman–Crippen LogP) is 14.2. The molecule has 1 aromatic carbocycles. The first-order valence-corrected chi connectivity index (χ1v) is 26.4. The average Bonchev–Trinajstić information content (AvgIpc) is 3.32. The van der Waals surface area contributed by atoms with Crippen molar-refractivity contribution in [1.82, 2.24) is 9.88 Å². The number of unbranched alkanes of at least 4 members (excludes halogenated alkanes) is 4. The van der Waals surface area contributed by atoms with E-state index in [1.165, 1.54) is 95.6 Å². The minimum atomic E-state index is -0.634. The van der Waals surface area contributed by atoms with Crippen LogP contribution in [0.4, 0.5) is 5.69 Å². The van der Waals surface area contributed by atoms with Gasteiger partial charge in [0.25, 0.3) is 0 Å². The summed E-state index contributed by atoms with van der Waals surface area (Å²) in [6.45, 7) is 27.5. The third-order valence-electron chi connectivity index (χ3n) is 14.2. The van der Waals surface area contributed by atoms with Gasteiger partial charge in [-0.25, -0.2) is 0 Å². The molecule has 0 saturated carbocycles. The van der Waals surface area contributed by atoms with E-state index in [-0.39, 0.29) is 17.8 Å². The summed E-state index contributed by atoms with van der Waals surface area (Å²) < 4.78 is 0. The van der Waals surface area contributed by atoms with E-state index in [4.69, 9.17) is 16.4 Å². The second-order valence-electron chi connectivity index (χ2n) is 19.8. The van der Waals surface area contributed by atoms with Gasteiger partial charge in [0.1, 0.15) is 0 Å². The lowest BCUT2D eigenvalue weighted by molar-refractivity contribution is 0.115. The maximum absolute atomic E-state index is 11.8. The number of allylic oxidation sites excluding steroid dienone is 1. The van der Waals surface area contributed by atoms with Gasteiger partial charge in [0.2, 0.25) is 0 Å². The summed E-state index contributed by atoms with van der Waals surface area (Å²) in [5.74, 6) is 5.29. The SMILES string of the molecule is C#CC(C)C(/C=C\CN(CC(CC)CCCC)CC(CC)CCCC)C(O)Cc1ccnc(C2=NC=CC(CC(O)c3ccc(N(CC(C=C)CCCC)C[C@@H](C)CCCC)cc3)C2)c1. The van der Waals surface area contributed by atoms with Crippen LogP contribution in [0.25, 0.3) is 0 Å². The van der Waals surface area contributed by atoms with Gasteiger partial charge < -0.3 is 15.1 Å². The molecule has 362 valence electrons. The smallest absolute Gasteiger partial charge is 0.0847 e. The lowest BCUT2D eigenvalue weighted by Crippen LogP contribution is -2.34. The van der Waals surface area contributed by atoms with Crippen molar-refractivity contribution in [3.63, 3.8) is 0 Å². The molecule has 2 N–H and O–H groups in total. The number of hydrogen-bond donors (Lipinski definition) is 2. The topological polar surface area (TPSA) is 72.2 Å². The van der Waals surface area contributed by atoms with Gasteiger partial charge in [-0.15, -0.1) is 18.9 Å². The van der Waals surface area contributed by atoms with Crippen molar-refractivity contribution in [3.8, 4) is 12.3 Å². The molecule has 9 atom stereocenters. The molecule has 0 aliphatic carbocycles. The molecule has 8 unspecified atom stereocenters. The third kappa shape index (κ3) is 20.5. The fraction of sp³-hybridized carbons (Fsp3) is 0.661. The molecule has 65 heavy (non-hydrogen) atoms. The maximum atomic E-state index is 11.8. The molecular formula is C59H94N4O2. The first-order chi connectivity index (χ1) is 31.5. The van der Waals surface area contributed by atoms with Crippen molar-refractivity contribution >= 4 is 11.4 Å². The lowest BCUT2D eigenvalue weighted by Gasteiger charge is -2.31. The van der Waals surface area contributed by atoms with Gasteiger partial charge in [0, 0.05) is 62.6 Å². The number of rotatable bonds is 35. The van der Waals surface area contributed by atoms with Gasteiger partial charge in [0.15, 0.2) is 0 Å². The zero-order valence-electron chi connectivity index (χ0n) is 42.6. The molecule has 6 heteroatoms. The summed E-state index contributed by atoms with van der Waals surface area (Å²) in [5.41, 5.74) is 4.91. The average molecular weight is 891 g/mol. The molecule has 0 bridgehead atoms. The predicted molar refractivity (Wildman–Crippen MR) is 282 cm³/mol. The van der Waals surface area contributed by atoms with Crippen molar-refractivity contribution in [3.05, 3.63) is 96.5 Å². The number of pyridine rings is 1. The number of hydrogen-bond acceptors (Lipinski definition) is 6. The second kappa shape index (κ2) is 32.2. The van der Waals surface area contributed by atoms with Crippen molar-refractivity contribution in [2.45, 2.75) is 177 Å². The first kappa shape index (κ1) is 55.8. The molecule has 1 aliphatic rings. The Balaban J connectivity index is 1.68. The number of anilines is 1. The molecule has 0 saturated heterocycles. The van der Waals surface area contributed by atoms with Crippen molar-refractivity contribution < 1.29 is 10.2 Å². The Bertz CT molecular complexity index is 1690. The Hall–Kier alpha value is -3.50. The largest absolute Gasteiger partial charge is 0.392 e. The highest BCUT2D eigenvalue weighted by molar-refractivity contribution is 6.00. The number of terminal acetylenes is 1. The lowest BCUT2D eigenvalue weighted by atomic mass is 9.85. The summed E-state index contributed by atoms with van der Waals surface area (Å²) in [6.07, 6.45) is 36.4. The Morgan fingerprint density at radius 1 is 0.831 bits per heavy atom. The Kier molecular flexibility index (Phi) is 27.7. The van der Waals surface area contributed by atoms with E-state index in [2.05, 4.69) is 125 Å². The normalized spacial score (nSPS) is 17.8. The molecule has 0 fully saturated rings. The monoisotopic (exact) mass is 891 g/mol. The molecule has 3 rings (SSSR count). The van der Waals surface area contributed by atoms with Crippen LogP contribution in [0.2, 0.25) is 0 Å². The molecule has 6 nitrogen and oxygen atoms in total. The van der Waals surface area contributed by atoms with Gasteiger partial charge in [-0.2, -0.15) is 0 Å². The molecule has 2 heterocycles. The highest BCUT2D eigenvalue weighted by Gasteiger charge is 2.25. The van der Waals surface area contributed by atoms with Gasteiger partial charge in [0.05, 0.1) is 23.6 Å². The summed E-state index contributed by atoms with van der Waals surface area (Å²) in [6, 6.07) is 12.7. The van der Waals surface area contributed by atoms with E-state index >= 15 is 0 Å². The molecule has 0 radical (unpaired) electrons. The number of benzene rings is 1. The Labute approximate surface area is 399 Å². The number of aliphatic imine (C=N–C) groups is 1. The Morgan fingerprint density at radius 3 is 2.06 bits per heavy atom. The van der Waals surface area contributed by atoms with E-state index in [0.29, 0.717) is 42.9 Å². The maximum Gasteiger partial charge on any atom is 0.0847 e. The number of aromatic nitrogens is 1. The quantitative estimate of drug-likeness (QED) is 0.0533. The van der Waals surface area contributed by atoms with Crippen LogP contribution >= 0.6 is 0 Å². The zero-order valence-corrected chi connectivity index (χ0v) is 42.6. The fourth-order valence-corrected chi connectivity index (χ4v) is 9.66. The van der Waals surface area contributed by atoms with E-state index in [0.717, 1.165) is 55.3 Å². The van der Waals surface area contributed by atoms with E-state index < -0.39 is 12.2 Å².